The van der Waals surface area contributed by atoms with Crippen LogP contribution in [-0.4, -0.2) is 44.0 Å². The molecule has 1 aromatic carbocycles. The summed E-state index contributed by atoms with van der Waals surface area (Å²) < 4.78 is 5.89. The number of anilines is 1. The SMILES string of the molecule is CCOC(=O)[C@@H]1CCC[NH+](CN2C(=O)C(=O)c3cc(Br)ccc32)C1. The maximum atomic E-state index is 12.3. The molecule has 1 aromatic rings. The Hall–Kier alpha value is -1.73. The topological polar surface area (TPSA) is 68.1 Å². The number of benzene rings is 1. The van der Waals surface area contributed by atoms with E-state index in [1.807, 2.05) is 6.07 Å². The lowest BCUT2D eigenvalue weighted by atomic mass is 9.98. The Balaban J connectivity index is 1.73. The molecule has 2 aliphatic rings. The monoisotopic (exact) mass is 395 g/mol. The van der Waals surface area contributed by atoms with Crippen LogP contribution in [-0.2, 0) is 14.3 Å². The summed E-state index contributed by atoms with van der Waals surface area (Å²) in [5.74, 6) is -1.26. The third-order valence-corrected chi connectivity index (χ3v) is 5.05. The van der Waals surface area contributed by atoms with E-state index in [1.165, 1.54) is 4.90 Å². The Morgan fingerprint density at radius 2 is 2.21 bits per heavy atom. The molecule has 0 bridgehead atoms. The van der Waals surface area contributed by atoms with Gasteiger partial charge in [-0.2, -0.15) is 0 Å². The smallest absolute Gasteiger partial charge is 0.314 e. The number of nitrogens with zero attached hydrogens (tertiary/aromatic N) is 1. The molecule has 0 aromatic heterocycles. The predicted octanol–water partition coefficient (Wildman–Crippen LogP) is 0.794. The molecule has 1 N–H and O–H groups in total. The van der Waals surface area contributed by atoms with Gasteiger partial charge in [0.25, 0.3) is 5.78 Å². The molecule has 0 spiro atoms. The summed E-state index contributed by atoms with van der Waals surface area (Å²) in [4.78, 5) is 39.1. The van der Waals surface area contributed by atoms with Gasteiger partial charge in [-0.25, -0.2) is 0 Å². The number of hydrogen-bond acceptors (Lipinski definition) is 4. The number of esters is 1. The standard InChI is InChI=1S/C17H19BrN2O4/c1-2-24-17(23)11-4-3-7-19(9-11)10-20-14-6-5-12(18)8-13(14)15(21)16(20)22/h5-6,8,11H,2-4,7,9-10H2,1H3/p+1/t11-/m1/s1. The van der Waals surface area contributed by atoms with Gasteiger partial charge in [0, 0.05) is 4.47 Å². The minimum absolute atomic E-state index is 0.133. The fourth-order valence-electron chi connectivity index (χ4n) is 3.41. The lowest BCUT2D eigenvalue weighted by Crippen LogP contribution is -3.15. The van der Waals surface area contributed by atoms with Crippen molar-refractivity contribution in [3.63, 3.8) is 0 Å². The molecular formula is C17H20BrN2O4+. The third-order valence-electron chi connectivity index (χ3n) is 4.55. The highest BCUT2D eigenvalue weighted by Crippen LogP contribution is 2.30. The molecule has 6 nitrogen and oxygen atoms in total. The van der Waals surface area contributed by atoms with Crippen LogP contribution >= 0.6 is 15.9 Å². The van der Waals surface area contributed by atoms with E-state index >= 15 is 0 Å². The van der Waals surface area contributed by atoms with Crippen LogP contribution in [0.1, 0.15) is 30.1 Å². The lowest BCUT2D eigenvalue weighted by molar-refractivity contribution is -0.906. The first-order chi connectivity index (χ1) is 11.5. The molecule has 0 saturated carbocycles. The highest BCUT2D eigenvalue weighted by Gasteiger charge is 2.39. The number of nitrogens with one attached hydrogen (secondary N) is 1. The maximum Gasteiger partial charge on any atom is 0.314 e. The number of ether oxygens (including phenoxy) is 1. The summed E-state index contributed by atoms with van der Waals surface area (Å²) in [6.07, 6.45) is 1.72. The van der Waals surface area contributed by atoms with Crippen molar-refractivity contribution >= 4 is 39.3 Å². The zero-order valence-electron chi connectivity index (χ0n) is 13.5. The van der Waals surface area contributed by atoms with E-state index in [2.05, 4.69) is 15.9 Å². The van der Waals surface area contributed by atoms with Crippen molar-refractivity contribution in [1.82, 2.24) is 0 Å². The minimum Gasteiger partial charge on any atom is -0.466 e. The second-order valence-corrected chi connectivity index (χ2v) is 7.09. The number of piperidine rings is 1. The molecule has 1 fully saturated rings. The molecule has 1 saturated heterocycles. The number of amides is 1. The van der Waals surface area contributed by atoms with E-state index in [-0.39, 0.29) is 11.9 Å². The van der Waals surface area contributed by atoms with E-state index in [0.29, 0.717) is 31.1 Å². The van der Waals surface area contributed by atoms with Crippen molar-refractivity contribution in [2.75, 3.05) is 31.3 Å². The van der Waals surface area contributed by atoms with Crippen LogP contribution in [0.2, 0.25) is 0 Å². The third kappa shape index (κ3) is 3.23. The Morgan fingerprint density at radius 3 is 2.96 bits per heavy atom. The minimum atomic E-state index is -0.492. The summed E-state index contributed by atoms with van der Waals surface area (Å²) >= 11 is 3.33. The summed E-state index contributed by atoms with van der Waals surface area (Å²) in [5, 5.41) is 0. The lowest BCUT2D eigenvalue weighted by Gasteiger charge is -2.31. The molecule has 24 heavy (non-hydrogen) atoms. The quantitative estimate of drug-likeness (QED) is 0.604. The number of ketones is 1. The van der Waals surface area contributed by atoms with E-state index < -0.39 is 11.7 Å². The van der Waals surface area contributed by atoms with Gasteiger partial charge in [0.05, 0.1) is 30.9 Å². The van der Waals surface area contributed by atoms with Gasteiger partial charge in [-0.1, -0.05) is 15.9 Å². The molecule has 2 atom stereocenters. The number of carbonyl (C=O) groups excluding carboxylic acids is 3. The Morgan fingerprint density at radius 1 is 1.42 bits per heavy atom. The molecule has 0 radical (unpaired) electrons. The number of rotatable bonds is 4. The van der Waals surface area contributed by atoms with Gasteiger partial charge in [-0.15, -0.1) is 0 Å². The van der Waals surface area contributed by atoms with Gasteiger partial charge in [-0.3, -0.25) is 19.3 Å². The van der Waals surface area contributed by atoms with Crippen LogP contribution in [0.3, 0.4) is 0 Å². The Bertz CT molecular complexity index is 691. The highest BCUT2D eigenvalue weighted by molar-refractivity contribution is 9.10. The number of hydrogen-bond donors (Lipinski definition) is 1. The zero-order chi connectivity index (χ0) is 17.3. The second-order valence-electron chi connectivity index (χ2n) is 6.18. The molecule has 7 heteroatoms. The van der Waals surface area contributed by atoms with Crippen LogP contribution < -0.4 is 9.80 Å². The van der Waals surface area contributed by atoms with E-state index in [0.717, 1.165) is 28.8 Å². The normalized spacial score (nSPS) is 23.3. The van der Waals surface area contributed by atoms with Crippen molar-refractivity contribution in [1.29, 1.82) is 0 Å². The Labute approximate surface area is 148 Å². The molecular weight excluding hydrogens is 376 g/mol. The van der Waals surface area contributed by atoms with E-state index in [1.54, 1.807) is 19.1 Å². The first-order valence-electron chi connectivity index (χ1n) is 8.17. The predicted molar refractivity (Wildman–Crippen MR) is 90.9 cm³/mol. The number of fused-ring (bicyclic) bond motifs is 1. The van der Waals surface area contributed by atoms with E-state index in [4.69, 9.17) is 4.74 Å². The van der Waals surface area contributed by atoms with E-state index in [9.17, 15) is 14.4 Å². The summed E-state index contributed by atoms with van der Waals surface area (Å²) in [5.41, 5.74) is 1.09. The number of carbonyl (C=O) groups is 3. The molecule has 2 aliphatic heterocycles. The average molecular weight is 396 g/mol. The second kappa shape index (κ2) is 7.03. The van der Waals surface area contributed by atoms with Gasteiger partial charge in [0.15, 0.2) is 6.67 Å². The van der Waals surface area contributed by atoms with Crippen molar-refractivity contribution in [3.8, 4) is 0 Å². The molecule has 0 aliphatic carbocycles. The fraction of sp³-hybridized carbons (Fsp3) is 0.471. The Kier molecular flexibility index (Phi) is 5.01. The van der Waals surface area contributed by atoms with Crippen molar-refractivity contribution in [2.45, 2.75) is 19.8 Å². The van der Waals surface area contributed by atoms with Gasteiger partial charge >= 0.3 is 11.9 Å². The number of likely N-dealkylation sites (tertiary alicyclic amines) is 1. The number of Topliss-reactive ketones (excluding diaryl/α,β-unsaturated/α-hetero) is 1. The van der Waals surface area contributed by atoms with Crippen LogP contribution in [0.25, 0.3) is 0 Å². The van der Waals surface area contributed by atoms with Crippen molar-refractivity contribution in [2.24, 2.45) is 5.92 Å². The molecule has 1 amide bonds. The largest absolute Gasteiger partial charge is 0.466 e. The number of halogens is 1. The van der Waals surface area contributed by atoms with Gasteiger partial charge in [0.2, 0.25) is 0 Å². The van der Waals surface area contributed by atoms with Crippen LogP contribution in [0, 0.1) is 5.92 Å². The summed E-state index contributed by atoms with van der Waals surface area (Å²) in [6.45, 7) is 4.08. The molecule has 128 valence electrons. The molecule has 1 unspecified atom stereocenters. The molecule has 3 rings (SSSR count). The zero-order valence-corrected chi connectivity index (χ0v) is 15.1. The van der Waals surface area contributed by atoms with Crippen LogP contribution in [0.15, 0.2) is 22.7 Å². The van der Waals surface area contributed by atoms with Crippen LogP contribution in [0.5, 0.6) is 0 Å². The van der Waals surface area contributed by atoms with Crippen molar-refractivity contribution in [3.05, 3.63) is 28.2 Å². The van der Waals surface area contributed by atoms with Crippen LogP contribution in [0.4, 0.5) is 5.69 Å². The highest BCUT2D eigenvalue weighted by atomic mass is 79.9. The van der Waals surface area contributed by atoms with Gasteiger partial charge in [-0.05, 0) is 38.0 Å². The first-order valence-corrected chi connectivity index (χ1v) is 8.96. The first kappa shape index (κ1) is 17.1. The number of quaternary nitrogens is 1. The van der Waals surface area contributed by atoms with Crippen molar-refractivity contribution < 1.29 is 24.0 Å². The average Bonchev–Trinajstić information content (AvgIpc) is 2.80. The van der Waals surface area contributed by atoms with Gasteiger partial charge in [0.1, 0.15) is 5.92 Å². The fourth-order valence-corrected chi connectivity index (χ4v) is 3.77. The van der Waals surface area contributed by atoms with Gasteiger partial charge < -0.3 is 9.64 Å². The summed E-state index contributed by atoms with van der Waals surface area (Å²) in [6, 6.07) is 5.29. The summed E-state index contributed by atoms with van der Waals surface area (Å²) in [7, 11) is 0. The maximum absolute atomic E-state index is 12.3. The molecule has 2 heterocycles.